The zero-order valence-corrected chi connectivity index (χ0v) is 54.6. The number of phosphoric ester groups is 2. The van der Waals surface area contributed by atoms with E-state index in [1.807, 2.05) is 0 Å². The number of carbonyl (C=O) groups excluding carboxylic acids is 4. The molecule has 0 saturated heterocycles. The van der Waals surface area contributed by atoms with Gasteiger partial charge in [0.15, 0.2) is 12.2 Å². The monoisotopic (exact) mass is 1210 g/mol. The topological polar surface area (TPSA) is 237 Å². The Kier molecular flexibility index (Phi) is 54.3. The standard InChI is InChI=1S/C63H122O17P2/c1-7-10-12-14-16-18-20-22-27-34-40-46-61(66)73-51-58(79-62(67)47-41-35-28-24-23-25-31-37-43-55(4)5)53-77-81(69,70)75-49-57(64)50-76-82(71,72)78-54-59(80-63(68)48-42-36-30-29-32-38-44-56(6)9-3)52-74-60(65)45-39-33-26-21-19-17-15-13-11-8-2/h55-59,64H,7-54H2,1-6H3,(H,69,70)(H,71,72)/t56?,57-,58-,59-/m1/s1. The van der Waals surface area contributed by atoms with Crippen molar-refractivity contribution in [3.05, 3.63) is 0 Å². The first-order chi connectivity index (χ1) is 39.4. The average molecular weight is 1210 g/mol. The first-order valence-electron chi connectivity index (χ1n) is 33.0. The summed E-state index contributed by atoms with van der Waals surface area (Å²) >= 11 is 0. The fourth-order valence-electron chi connectivity index (χ4n) is 9.32. The van der Waals surface area contributed by atoms with Crippen LogP contribution < -0.4 is 0 Å². The van der Waals surface area contributed by atoms with Crippen molar-refractivity contribution in [1.82, 2.24) is 0 Å². The number of rotatable bonds is 62. The van der Waals surface area contributed by atoms with Crippen molar-refractivity contribution in [3.63, 3.8) is 0 Å². The first kappa shape index (κ1) is 80.1. The fraction of sp³-hybridized carbons (Fsp3) is 0.937. The third-order valence-corrected chi connectivity index (χ3v) is 16.7. The second-order valence-electron chi connectivity index (χ2n) is 23.5. The highest BCUT2D eigenvalue weighted by atomic mass is 31.2. The fourth-order valence-corrected chi connectivity index (χ4v) is 10.9. The van der Waals surface area contributed by atoms with E-state index in [0.29, 0.717) is 25.7 Å². The van der Waals surface area contributed by atoms with Crippen LogP contribution in [0.2, 0.25) is 0 Å². The van der Waals surface area contributed by atoms with Gasteiger partial charge < -0.3 is 33.8 Å². The first-order valence-corrected chi connectivity index (χ1v) is 36.0. The van der Waals surface area contributed by atoms with Crippen LogP contribution in [0, 0.1) is 11.8 Å². The number of hydrogen-bond acceptors (Lipinski definition) is 15. The molecule has 0 saturated carbocycles. The molecule has 0 rings (SSSR count). The lowest BCUT2D eigenvalue weighted by atomic mass is 10.00. The third-order valence-electron chi connectivity index (χ3n) is 14.8. The lowest BCUT2D eigenvalue weighted by Gasteiger charge is -2.21. The molecule has 82 heavy (non-hydrogen) atoms. The van der Waals surface area contributed by atoms with Crippen molar-refractivity contribution in [2.24, 2.45) is 11.8 Å². The van der Waals surface area contributed by atoms with Crippen LogP contribution in [-0.2, 0) is 65.4 Å². The molecular weight excluding hydrogens is 1090 g/mol. The van der Waals surface area contributed by atoms with Gasteiger partial charge in [0, 0.05) is 25.7 Å². The minimum absolute atomic E-state index is 0.103. The molecule has 19 heteroatoms. The van der Waals surface area contributed by atoms with E-state index < -0.39 is 97.5 Å². The summed E-state index contributed by atoms with van der Waals surface area (Å²) in [5, 5.41) is 10.5. The van der Waals surface area contributed by atoms with E-state index in [-0.39, 0.29) is 25.7 Å². The zero-order valence-electron chi connectivity index (χ0n) is 52.8. The molecule has 0 radical (unpaired) electrons. The Morgan fingerprint density at radius 2 is 0.622 bits per heavy atom. The summed E-state index contributed by atoms with van der Waals surface area (Å²) in [6.45, 7) is 9.39. The van der Waals surface area contributed by atoms with Crippen LogP contribution in [0.25, 0.3) is 0 Å². The Bertz CT molecular complexity index is 1620. The second kappa shape index (κ2) is 55.6. The molecule has 486 valence electrons. The minimum atomic E-state index is -4.94. The van der Waals surface area contributed by atoms with Gasteiger partial charge in [-0.3, -0.25) is 37.3 Å². The summed E-state index contributed by atoms with van der Waals surface area (Å²) in [6.07, 6.45) is 37.6. The van der Waals surface area contributed by atoms with Gasteiger partial charge >= 0.3 is 39.5 Å². The lowest BCUT2D eigenvalue weighted by molar-refractivity contribution is -0.161. The van der Waals surface area contributed by atoms with E-state index in [1.165, 1.54) is 128 Å². The summed E-state index contributed by atoms with van der Waals surface area (Å²) in [7, 11) is -9.88. The number of phosphoric acid groups is 2. The molecule has 3 N–H and O–H groups in total. The molecule has 0 aliphatic rings. The molecule has 0 aromatic rings. The summed E-state index contributed by atoms with van der Waals surface area (Å²) < 4.78 is 67.9. The molecule has 17 nitrogen and oxygen atoms in total. The van der Waals surface area contributed by atoms with Gasteiger partial charge in [-0.25, -0.2) is 9.13 Å². The van der Waals surface area contributed by atoms with Gasteiger partial charge in [0.2, 0.25) is 0 Å². The number of ether oxygens (including phenoxy) is 4. The van der Waals surface area contributed by atoms with Crippen molar-refractivity contribution in [2.45, 2.75) is 330 Å². The largest absolute Gasteiger partial charge is 0.472 e. The van der Waals surface area contributed by atoms with Crippen LogP contribution in [0.1, 0.15) is 311 Å². The SMILES string of the molecule is CCCCCCCCCCCCCC(=O)OC[C@H](COP(=O)(O)OC[C@@H](O)COP(=O)(O)OC[C@@H](COC(=O)CCCCCCCCCCCC)OC(=O)CCCCCCCCC(C)CC)OC(=O)CCCCCCCCCCC(C)C. The van der Waals surface area contributed by atoms with Crippen molar-refractivity contribution >= 4 is 39.5 Å². The number of aliphatic hydroxyl groups is 1. The van der Waals surface area contributed by atoms with E-state index in [4.69, 9.17) is 37.0 Å². The maximum Gasteiger partial charge on any atom is 0.472 e. The Balaban J connectivity index is 5.25. The Hall–Kier alpha value is -1.94. The van der Waals surface area contributed by atoms with Gasteiger partial charge in [-0.05, 0) is 37.5 Å². The van der Waals surface area contributed by atoms with Crippen LogP contribution in [0.3, 0.4) is 0 Å². The summed E-state index contributed by atoms with van der Waals surface area (Å²) in [5.41, 5.74) is 0. The predicted molar refractivity (Wildman–Crippen MR) is 326 cm³/mol. The van der Waals surface area contributed by atoms with E-state index in [9.17, 15) is 43.2 Å². The van der Waals surface area contributed by atoms with E-state index in [0.717, 1.165) is 102 Å². The zero-order chi connectivity index (χ0) is 60.8. The van der Waals surface area contributed by atoms with E-state index in [2.05, 4.69) is 41.5 Å². The molecule has 0 amide bonds. The molecule has 0 spiro atoms. The Morgan fingerprint density at radius 3 is 0.927 bits per heavy atom. The predicted octanol–water partition coefficient (Wildman–Crippen LogP) is 17.3. The number of esters is 4. The highest BCUT2D eigenvalue weighted by Crippen LogP contribution is 2.45. The maximum atomic E-state index is 13.0. The number of unbranched alkanes of at least 4 members (excludes halogenated alkanes) is 31. The molecular formula is C63H122O17P2. The highest BCUT2D eigenvalue weighted by molar-refractivity contribution is 7.47. The summed E-state index contributed by atoms with van der Waals surface area (Å²) in [6, 6.07) is 0. The van der Waals surface area contributed by atoms with Gasteiger partial charge in [-0.1, -0.05) is 260 Å². The van der Waals surface area contributed by atoms with E-state index >= 15 is 0 Å². The molecule has 0 aromatic carbocycles. The van der Waals surface area contributed by atoms with Crippen molar-refractivity contribution < 1.29 is 80.2 Å². The van der Waals surface area contributed by atoms with Crippen LogP contribution in [0.15, 0.2) is 0 Å². The molecule has 0 aliphatic heterocycles. The van der Waals surface area contributed by atoms with Gasteiger partial charge in [0.05, 0.1) is 26.4 Å². The normalized spacial score (nSPS) is 14.7. The van der Waals surface area contributed by atoms with Crippen molar-refractivity contribution in [3.8, 4) is 0 Å². The average Bonchev–Trinajstić information content (AvgIpc) is 3.45. The molecule has 0 aromatic heterocycles. The molecule has 3 unspecified atom stereocenters. The van der Waals surface area contributed by atoms with Crippen LogP contribution in [-0.4, -0.2) is 96.7 Å². The third kappa shape index (κ3) is 55.9. The van der Waals surface area contributed by atoms with Crippen molar-refractivity contribution in [2.75, 3.05) is 39.6 Å². The molecule has 0 heterocycles. The lowest BCUT2D eigenvalue weighted by Crippen LogP contribution is -2.30. The van der Waals surface area contributed by atoms with Gasteiger partial charge in [-0.2, -0.15) is 0 Å². The number of aliphatic hydroxyl groups excluding tert-OH is 1. The number of hydrogen-bond donors (Lipinski definition) is 3. The highest BCUT2D eigenvalue weighted by Gasteiger charge is 2.30. The van der Waals surface area contributed by atoms with E-state index in [1.54, 1.807) is 0 Å². The molecule has 0 fully saturated rings. The quantitative estimate of drug-likeness (QED) is 0.0222. The van der Waals surface area contributed by atoms with Crippen LogP contribution in [0.5, 0.6) is 0 Å². The smallest absolute Gasteiger partial charge is 0.462 e. The molecule has 6 atom stereocenters. The molecule has 0 aliphatic carbocycles. The minimum Gasteiger partial charge on any atom is -0.462 e. The van der Waals surface area contributed by atoms with Crippen LogP contribution in [0.4, 0.5) is 0 Å². The summed E-state index contributed by atoms with van der Waals surface area (Å²) in [5.74, 6) is -0.700. The molecule has 0 bridgehead atoms. The Labute approximate surface area is 498 Å². The maximum absolute atomic E-state index is 13.0. The van der Waals surface area contributed by atoms with Crippen molar-refractivity contribution in [1.29, 1.82) is 0 Å². The van der Waals surface area contributed by atoms with Crippen LogP contribution >= 0.6 is 15.6 Å². The van der Waals surface area contributed by atoms with Gasteiger partial charge in [-0.15, -0.1) is 0 Å². The van der Waals surface area contributed by atoms with Gasteiger partial charge in [0.25, 0.3) is 0 Å². The van der Waals surface area contributed by atoms with Gasteiger partial charge in [0.1, 0.15) is 19.3 Å². The number of carbonyl (C=O) groups is 4. The Morgan fingerprint density at radius 1 is 0.354 bits per heavy atom. The summed E-state index contributed by atoms with van der Waals surface area (Å²) in [4.78, 5) is 72.1. The second-order valence-corrected chi connectivity index (χ2v) is 26.4.